The van der Waals surface area contributed by atoms with Crippen LogP contribution in [0.5, 0.6) is 0 Å². The molecule has 6 aromatic rings. The molecule has 0 spiro atoms. The monoisotopic (exact) mass is 777 g/mol. The van der Waals surface area contributed by atoms with E-state index in [0.29, 0.717) is 0 Å². The minimum atomic E-state index is 0. The quantitative estimate of drug-likeness (QED) is 0.151. The van der Waals surface area contributed by atoms with E-state index in [9.17, 15) is 0 Å². The first-order valence-corrected chi connectivity index (χ1v) is 16.2. The predicted octanol–water partition coefficient (Wildman–Crippen LogP) is 10.8. The number of hydrogen-bond donors (Lipinski definition) is 0. The number of pyridine rings is 2. The van der Waals surface area contributed by atoms with Gasteiger partial charge in [-0.3, -0.25) is 0 Å². The van der Waals surface area contributed by atoms with Crippen LogP contribution >= 0.6 is 0 Å². The predicted molar refractivity (Wildman–Crippen MR) is 187 cm³/mol. The topological polar surface area (TPSA) is 25.8 Å². The maximum atomic E-state index is 4.62. The number of aryl methyl sites for hydroxylation is 1. The van der Waals surface area contributed by atoms with Crippen molar-refractivity contribution in [3.8, 4) is 33.6 Å². The summed E-state index contributed by atoms with van der Waals surface area (Å²) in [6, 6.07) is 48.6. The summed E-state index contributed by atoms with van der Waals surface area (Å²) in [5.74, 6) is 0.854. The molecule has 0 atom stereocenters. The first kappa shape index (κ1) is 33.2. The molecule has 7 rings (SSSR count). The molecule has 1 radical (unpaired) electrons. The van der Waals surface area contributed by atoms with Gasteiger partial charge in [0.25, 0.3) is 0 Å². The van der Waals surface area contributed by atoms with Crippen molar-refractivity contribution in [2.45, 2.75) is 51.9 Å². The third-order valence-corrected chi connectivity index (χ3v) is 8.64. The fourth-order valence-corrected chi connectivity index (χ4v) is 6.23. The van der Waals surface area contributed by atoms with Crippen molar-refractivity contribution in [1.29, 1.82) is 0 Å². The minimum absolute atomic E-state index is 0. The van der Waals surface area contributed by atoms with Gasteiger partial charge in [-0.25, -0.2) is 0 Å². The Morgan fingerprint density at radius 2 is 1.35 bits per heavy atom. The average molecular weight is 777 g/mol. The van der Waals surface area contributed by atoms with Crippen LogP contribution in [0, 0.1) is 25.0 Å². The van der Waals surface area contributed by atoms with Crippen molar-refractivity contribution >= 4 is 0 Å². The number of rotatable bonds is 7. The zero-order valence-electron chi connectivity index (χ0n) is 26.5. The van der Waals surface area contributed by atoms with E-state index in [0.717, 1.165) is 34.9 Å². The molecule has 2 nitrogen and oxygen atoms in total. The Kier molecular flexibility index (Phi) is 12.2. The van der Waals surface area contributed by atoms with Crippen molar-refractivity contribution in [3.05, 3.63) is 168 Å². The van der Waals surface area contributed by atoms with E-state index in [1.165, 1.54) is 71.9 Å². The second-order valence-corrected chi connectivity index (χ2v) is 12.1. The molecule has 46 heavy (non-hydrogen) atoms. The van der Waals surface area contributed by atoms with E-state index >= 15 is 0 Å². The summed E-state index contributed by atoms with van der Waals surface area (Å²) in [5, 5.41) is 0. The van der Waals surface area contributed by atoms with Gasteiger partial charge in [0.05, 0.1) is 0 Å². The number of nitrogens with zero attached hydrogens (tertiary/aromatic N) is 2. The molecule has 3 heteroatoms. The van der Waals surface area contributed by atoms with Crippen LogP contribution < -0.4 is 0 Å². The van der Waals surface area contributed by atoms with Crippen LogP contribution in [0.15, 0.2) is 134 Å². The Hall–Kier alpha value is -4.17. The second kappa shape index (κ2) is 16.9. The Bertz CT molecular complexity index is 1780. The fourth-order valence-electron chi connectivity index (χ4n) is 6.23. The van der Waals surface area contributed by atoms with Crippen LogP contribution in [-0.4, -0.2) is 9.97 Å². The molecular weight excluding hydrogens is 737 g/mol. The van der Waals surface area contributed by atoms with Gasteiger partial charge in [-0.15, -0.1) is 71.3 Å². The van der Waals surface area contributed by atoms with E-state index < -0.39 is 0 Å². The summed E-state index contributed by atoms with van der Waals surface area (Å²) in [6.07, 6.45) is 13.0. The average Bonchev–Trinajstić information content (AvgIpc) is 3.11. The smallest absolute Gasteiger partial charge is 0.0196 e. The Labute approximate surface area is 288 Å². The number of hydrogen-bond acceptors (Lipinski definition) is 2. The summed E-state index contributed by atoms with van der Waals surface area (Å²) in [4.78, 5) is 9.12. The molecule has 2 heterocycles. The molecule has 0 N–H and O–H groups in total. The third-order valence-electron chi connectivity index (χ3n) is 8.64. The van der Waals surface area contributed by atoms with Crippen LogP contribution in [-0.2, 0) is 32.9 Å². The van der Waals surface area contributed by atoms with E-state index in [1.54, 1.807) is 0 Å². The van der Waals surface area contributed by atoms with Crippen LogP contribution in [0.3, 0.4) is 0 Å². The van der Waals surface area contributed by atoms with Crippen molar-refractivity contribution in [2.24, 2.45) is 5.92 Å². The molecule has 1 fully saturated rings. The van der Waals surface area contributed by atoms with Gasteiger partial charge in [0.2, 0.25) is 0 Å². The minimum Gasteiger partial charge on any atom is -0.305 e. The van der Waals surface area contributed by atoms with Gasteiger partial charge >= 0.3 is 0 Å². The summed E-state index contributed by atoms with van der Waals surface area (Å²) in [7, 11) is 0. The van der Waals surface area contributed by atoms with Gasteiger partial charge in [0, 0.05) is 32.5 Å². The molecule has 4 aromatic carbocycles. The fraction of sp³-hybridized carbons (Fsp3) is 0.209. The first-order valence-electron chi connectivity index (χ1n) is 16.2. The molecular formula is C43H40IrN2-2. The maximum Gasteiger partial charge on any atom is 0.0196 e. The molecule has 1 aliphatic rings. The Morgan fingerprint density at radius 1 is 0.630 bits per heavy atom. The van der Waals surface area contributed by atoms with Gasteiger partial charge in [-0.05, 0) is 65.4 Å². The molecule has 233 valence electrons. The molecule has 0 aliphatic heterocycles. The van der Waals surface area contributed by atoms with Crippen LogP contribution in [0.2, 0.25) is 0 Å². The van der Waals surface area contributed by atoms with Gasteiger partial charge in [-0.1, -0.05) is 110 Å². The number of benzene rings is 4. The zero-order valence-corrected chi connectivity index (χ0v) is 28.9. The SMILES string of the molecule is Cc1cnc(-c2[c-]cccc2)cc1-c1ccccc1.[Ir].[c-]1ccc(Cc2ccccc2)cc1-c1cc(CC2CCCCC2)ccn1. The molecule has 0 saturated heterocycles. The van der Waals surface area contributed by atoms with Crippen molar-refractivity contribution in [3.63, 3.8) is 0 Å². The van der Waals surface area contributed by atoms with Gasteiger partial charge in [0.15, 0.2) is 0 Å². The van der Waals surface area contributed by atoms with E-state index in [1.807, 2.05) is 48.8 Å². The van der Waals surface area contributed by atoms with Gasteiger partial charge in [-0.2, -0.15) is 0 Å². The molecule has 0 unspecified atom stereocenters. The second-order valence-electron chi connectivity index (χ2n) is 12.1. The summed E-state index contributed by atoms with van der Waals surface area (Å²) in [6.45, 7) is 2.09. The van der Waals surface area contributed by atoms with E-state index in [-0.39, 0.29) is 20.1 Å². The Morgan fingerprint density at radius 3 is 2.11 bits per heavy atom. The molecule has 1 saturated carbocycles. The standard InChI is InChI=1S/C25H26N.C18H14N.Ir/c1-3-8-20(9-4-1)16-22-12-7-13-24(18-22)25-19-23(14-15-26-25)17-21-10-5-2-6-11-21;1-14-13-19-18(16-10-6-3-7-11-16)12-17(14)15-8-4-2-5-9-15;/h1,3-4,7-9,12,14-15,18-19,21H,2,5-6,10-11,16-17H2;2-10,12-13H,1H3;/q2*-1;. The summed E-state index contributed by atoms with van der Waals surface area (Å²) in [5.41, 5.74) is 11.8. The third kappa shape index (κ3) is 9.19. The molecule has 0 bridgehead atoms. The van der Waals surface area contributed by atoms with Crippen molar-refractivity contribution in [2.75, 3.05) is 0 Å². The molecule has 1 aliphatic carbocycles. The largest absolute Gasteiger partial charge is 0.305 e. The zero-order chi connectivity index (χ0) is 30.7. The maximum absolute atomic E-state index is 4.62. The van der Waals surface area contributed by atoms with E-state index in [4.69, 9.17) is 0 Å². The van der Waals surface area contributed by atoms with Crippen molar-refractivity contribution < 1.29 is 20.1 Å². The van der Waals surface area contributed by atoms with Crippen LogP contribution in [0.4, 0.5) is 0 Å². The number of aromatic nitrogens is 2. The molecule has 0 amide bonds. The van der Waals surface area contributed by atoms with Crippen LogP contribution in [0.1, 0.15) is 54.4 Å². The van der Waals surface area contributed by atoms with Crippen molar-refractivity contribution in [1.82, 2.24) is 9.97 Å². The van der Waals surface area contributed by atoms with Gasteiger partial charge in [0.1, 0.15) is 0 Å². The Balaban J connectivity index is 0.000000186. The van der Waals surface area contributed by atoms with Gasteiger partial charge < -0.3 is 9.97 Å². The normalized spacial score (nSPS) is 12.8. The first-order chi connectivity index (χ1) is 22.2. The molecule has 2 aromatic heterocycles. The van der Waals surface area contributed by atoms with Crippen LogP contribution in [0.25, 0.3) is 33.6 Å². The van der Waals surface area contributed by atoms with E-state index in [2.05, 4.69) is 114 Å². The summed E-state index contributed by atoms with van der Waals surface area (Å²) >= 11 is 0. The summed E-state index contributed by atoms with van der Waals surface area (Å²) < 4.78 is 0.